The summed E-state index contributed by atoms with van der Waals surface area (Å²) in [5.74, 6) is 0.801. The summed E-state index contributed by atoms with van der Waals surface area (Å²) in [4.78, 5) is 0. The Morgan fingerprint density at radius 1 is 0.926 bits per heavy atom. The molecular formula is C22H26Br2O2Si. The molecule has 0 heterocycles. The van der Waals surface area contributed by atoms with Gasteiger partial charge in [-0.15, -0.1) is 0 Å². The highest BCUT2D eigenvalue weighted by molar-refractivity contribution is 9.11. The second-order valence-corrected chi connectivity index (χ2v) is 14.9. The molecule has 1 aliphatic rings. The van der Waals surface area contributed by atoms with Gasteiger partial charge in [0.2, 0.25) is 0 Å². The number of hydrogen-bond donors (Lipinski definition) is 0. The van der Waals surface area contributed by atoms with Crippen molar-refractivity contribution in [3.8, 4) is 5.75 Å². The number of hydrogen-bond acceptors (Lipinski definition) is 2. The Kier molecular flexibility index (Phi) is 6.07. The van der Waals surface area contributed by atoms with Crippen LogP contribution in [0.4, 0.5) is 0 Å². The predicted octanol–water partition coefficient (Wildman–Crippen LogP) is 7.75. The smallest absolute Gasteiger partial charge is 0.193 e. The van der Waals surface area contributed by atoms with Gasteiger partial charge in [0.1, 0.15) is 18.0 Å². The minimum absolute atomic E-state index is 0.127. The monoisotopic (exact) mass is 508 g/mol. The Labute approximate surface area is 180 Å². The molecule has 0 aliphatic heterocycles. The zero-order chi connectivity index (χ0) is 19.8. The fourth-order valence-electron chi connectivity index (χ4n) is 2.86. The molecule has 5 heteroatoms. The van der Waals surface area contributed by atoms with Crippen LogP contribution in [-0.4, -0.2) is 14.4 Å². The summed E-state index contributed by atoms with van der Waals surface area (Å²) >= 11 is 7.22. The molecule has 2 aromatic rings. The first-order chi connectivity index (χ1) is 12.6. The molecule has 0 aromatic heterocycles. The van der Waals surface area contributed by atoms with Crippen LogP contribution in [0.25, 0.3) is 6.08 Å². The van der Waals surface area contributed by atoms with Crippen molar-refractivity contribution in [1.82, 2.24) is 0 Å². The molecule has 3 rings (SSSR count). The van der Waals surface area contributed by atoms with Gasteiger partial charge in [0.25, 0.3) is 0 Å². The second-order valence-electron chi connectivity index (χ2n) is 8.42. The molecule has 0 amide bonds. The maximum atomic E-state index is 6.87. The number of rotatable bonds is 4. The van der Waals surface area contributed by atoms with E-state index in [1.807, 2.05) is 18.2 Å². The van der Waals surface area contributed by atoms with E-state index in [0.29, 0.717) is 0 Å². The Morgan fingerprint density at radius 2 is 1.56 bits per heavy atom. The normalized spacial score (nSPS) is 19.7. The lowest BCUT2D eigenvalue weighted by Crippen LogP contribution is -2.45. The predicted molar refractivity (Wildman–Crippen MR) is 123 cm³/mol. The molecule has 27 heavy (non-hydrogen) atoms. The van der Waals surface area contributed by atoms with Crippen molar-refractivity contribution in [3.05, 3.63) is 68.6 Å². The molecule has 0 bridgehead atoms. The molecule has 0 spiro atoms. The quantitative estimate of drug-likeness (QED) is 0.392. The summed E-state index contributed by atoms with van der Waals surface area (Å²) in [7, 11) is -1.98. The third-order valence-electron chi connectivity index (χ3n) is 5.47. The van der Waals surface area contributed by atoms with Crippen LogP contribution in [-0.2, 0) is 4.43 Å². The molecule has 2 aromatic carbocycles. The molecule has 0 saturated carbocycles. The van der Waals surface area contributed by atoms with Crippen LogP contribution in [0, 0.1) is 0 Å². The van der Waals surface area contributed by atoms with Crippen molar-refractivity contribution in [2.45, 2.75) is 51.1 Å². The Morgan fingerprint density at radius 3 is 2.19 bits per heavy atom. The first-order valence-corrected chi connectivity index (χ1v) is 13.7. The Hall–Kier alpha value is -0.883. The van der Waals surface area contributed by atoms with E-state index < -0.39 is 8.32 Å². The summed E-state index contributed by atoms with van der Waals surface area (Å²) in [5, 5.41) is 0.127. The summed E-state index contributed by atoms with van der Waals surface area (Å²) in [5.41, 5.74) is 2.39. The standard InChI is InChI=1S/C22H26Br2O2Si/c1-22(2,3)27(4,5)26-20-16-10-7-6-9-15(16)13-14-19(20)25-21-17(23)11-8-12-18(21)24/h6-14,19-20H,1-5H3/t19-,20-/m1/s1. The maximum Gasteiger partial charge on any atom is 0.193 e. The van der Waals surface area contributed by atoms with Crippen molar-refractivity contribution < 1.29 is 9.16 Å². The zero-order valence-electron chi connectivity index (χ0n) is 16.4. The lowest BCUT2D eigenvalue weighted by molar-refractivity contribution is 0.0695. The van der Waals surface area contributed by atoms with Gasteiger partial charge in [0.05, 0.1) is 8.95 Å². The van der Waals surface area contributed by atoms with Crippen LogP contribution in [0.15, 0.2) is 57.5 Å². The second kappa shape index (κ2) is 7.86. The zero-order valence-corrected chi connectivity index (χ0v) is 20.6. The van der Waals surface area contributed by atoms with E-state index in [4.69, 9.17) is 9.16 Å². The van der Waals surface area contributed by atoms with Crippen molar-refractivity contribution in [1.29, 1.82) is 0 Å². The molecular weight excluding hydrogens is 484 g/mol. The summed E-state index contributed by atoms with van der Waals surface area (Å²) in [6.07, 6.45) is 3.93. The number of para-hydroxylation sites is 1. The van der Waals surface area contributed by atoms with Gasteiger partial charge in [-0.3, -0.25) is 0 Å². The molecule has 0 saturated heterocycles. The van der Waals surface area contributed by atoms with Crippen molar-refractivity contribution in [2.75, 3.05) is 0 Å². The van der Waals surface area contributed by atoms with E-state index in [1.165, 1.54) is 11.1 Å². The minimum atomic E-state index is -1.98. The minimum Gasteiger partial charge on any atom is -0.481 e. The molecule has 1 aliphatic carbocycles. The third-order valence-corrected chi connectivity index (χ3v) is 11.2. The molecule has 2 atom stereocenters. The summed E-state index contributed by atoms with van der Waals surface area (Å²) in [6.45, 7) is 11.4. The van der Waals surface area contributed by atoms with Crippen LogP contribution >= 0.6 is 31.9 Å². The molecule has 0 unspecified atom stereocenters. The highest BCUT2D eigenvalue weighted by Crippen LogP contribution is 2.44. The average Bonchev–Trinajstić information content (AvgIpc) is 2.58. The van der Waals surface area contributed by atoms with E-state index in [-0.39, 0.29) is 17.2 Å². The van der Waals surface area contributed by atoms with Crippen LogP contribution in [0.1, 0.15) is 38.0 Å². The fourth-order valence-corrected chi connectivity index (χ4v) is 5.29. The third kappa shape index (κ3) is 4.42. The van der Waals surface area contributed by atoms with Crippen LogP contribution in [0.5, 0.6) is 5.75 Å². The largest absolute Gasteiger partial charge is 0.481 e. The van der Waals surface area contributed by atoms with E-state index in [9.17, 15) is 0 Å². The highest BCUT2D eigenvalue weighted by Gasteiger charge is 2.42. The number of ether oxygens (including phenoxy) is 1. The van der Waals surface area contributed by atoms with Crippen molar-refractivity contribution >= 4 is 46.3 Å². The van der Waals surface area contributed by atoms with Gasteiger partial charge in [0.15, 0.2) is 8.32 Å². The number of benzene rings is 2. The molecule has 2 nitrogen and oxygen atoms in total. The molecule has 0 N–H and O–H groups in total. The van der Waals surface area contributed by atoms with Gasteiger partial charge < -0.3 is 9.16 Å². The van der Waals surface area contributed by atoms with Gasteiger partial charge in [-0.1, -0.05) is 57.2 Å². The summed E-state index contributed by atoms with van der Waals surface area (Å²) < 4.78 is 15.2. The van der Waals surface area contributed by atoms with Gasteiger partial charge >= 0.3 is 0 Å². The maximum absolute atomic E-state index is 6.87. The molecule has 0 radical (unpaired) electrons. The number of fused-ring (bicyclic) bond motifs is 1. The van der Waals surface area contributed by atoms with Crippen LogP contribution in [0.3, 0.4) is 0 Å². The Balaban J connectivity index is 1.99. The topological polar surface area (TPSA) is 18.5 Å². The first-order valence-electron chi connectivity index (χ1n) is 9.16. The van der Waals surface area contributed by atoms with Gasteiger partial charge in [-0.05, 0) is 79.3 Å². The van der Waals surface area contributed by atoms with E-state index in [1.54, 1.807) is 0 Å². The summed E-state index contributed by atoms with van der Waals surface area (Å²) in [6, 6.07) is 14.4. The van der Waals surface area contributed by atoms with Crippen LogP contribution < -0.4 is 4.74 Å². The van der Waals surface area contributed by atoms with Gasteiger partial charge in [0, 0.05) is 0 Å². The SMILES string of the molecule is CC(C)(C)[Si](C)(C)O[C@@H]1c2ccccc2C=C[C@H]1Oc1c(Br)cccc1Br. The lowest BCUT2D eigenvalue weighted by Gasteiger charge is -2.42. The highest BCUT2D eigenvalue weighted by atomic mass is 79.9. The molecule has 144 valence electrons. The van der Waals surface area contributed by atoms with Crippen molar-refractivity contribution in [3.63, 3.8) is 0 Å². The van der Waals surface area contributed by atoms with Gasteiger partial charge in [-0.2, -0.15) is 0 Å². The average molecular weight is 510 g/mol. The van der Waals surface area contributed by atoms with E-state index in [2.05, 4.69) is 102 Å². The lowest BCUT2D eigenvalue weighted by atomic mass is 9.93. The fraction of sp³-hybridized carbons (Fsp3) is 0.364. The van der Waals surface area contributed by atoms with Gasteiger partial charge in [-0.25, -0.2) is 0 Å². The van der Waals surface area contributed by atoms with Crippen LogP contribution in [0.2, 0.25) is 18.1 Å². The van der Waals surface area contributed by atoms with E-state index >= 15 is 0 Å². The Bertz CT molecular complexity index is 835. The van der Waals surface area contributed by atoms with E-state index in [0.717, 1.165) is 14.7 Å². The first kappa shape index (κ1) is 20.8. The van der Waals surface area contributed by atoms with Crippen molar-refractivity contribution in [2.24, 2.45) is 0 Å². The number of halogens is 2. The molecule has 0 fully saturated rings.